The molecule has 8 heteroatoms. The number of halogens is 1. The molecule has 0 unspecified atom stereocenters. The lowest BCUT2D eigenvalue weighted by molar-refractivity contribution is 0.0103. The van der Waals surface area contributed by atoms with Crippen LogP contribution in [0.15, 0.2) is 66.7 Å². The van der Waals surface area contributed by atoms with Crippen molar-refractivity contribution in [2.24, 2.45) is 11.5 Å². The van der Waals surface area contributed by atoms with E-state index >= 15 is 0 Å². The van der Waals surface area contributed by atoms with E-state index in [-0.39, 0.29) is 6.04 Å². The van der Waals surface area contributed by atoms with Gasteiger partial charge in [-0.15, -0.1) is 0 Å². The third-order valence-corrected chi connectivity index (χ3v) is 7.09. The normalized spacial score (nSPS) is 18.0. The zero-order chi connectivity index (χ0) is 26.0. The fourth-order valence-corrected chi connectivity index (χ4v) is 5.05. The van der Waals surface area contributed by atoms with E-state index in [2.05, 4.69) is 41.0 Å². The van der Waals surface area contributed by atoms with Crippen LogP contribution in [-0.2, 0) is 5.60 Å². The second-order valence-corrected chi connectivity index (χ2v) is 10.0. The van der Waals surface area contributed by atoms with Gasteiger partial charge in [0.25, 0.3) is 0 Å². The summed E-state index contributed by atoms with van der Waals surface area (Å²) in [7, 11) is 0. The largest absolute Gasteiger partial charge is 0.384 e. The molecule has 1 fully saturated rings. The average molecular weight is 507 g/mol. The number of nitrogens with zero attached hydrogens (tertiary/aromatic N) is 2. The maximum absolute atomic E-state index is 11.6. The van der Waals surface area contributed by atoms with Crippen LogP contribution in [-0.4, -0.2) is 48.0 Å². The minimum absolute atomic E-state index is 0.0238. The molecule has 0 bridgehead atoms. The Morgan fingerprint density at radius 1 is 0.972 bits per heavy atom. The summed E-state index contributed by atoms with van der Waals surface area (Å²) >= 11 is 6.61. The lowest BCUT2D eigenvalue weighted by Crippen LogP contribution is -2.52. The number of hydrogen-bond donors (Lipinski definition) is 3. The molecule has 7 nitrogen and oxygen atoms in total. The Morgan fingerprint density at radius 3 is 2.17 bits per heavy atom. The van der Waals surface area contributed by atoms with E-state index in [1.165, 1.54) is 5.56 Å². The monoisotopic (exact) mass is 506 g/mol. The summed E-state index contributed by atoms with van der Waals surface area (Å²) in [6.45, 7) is 6.27. The number of rotatable bonds is 7. The molecular weight excluding hydrogens is 476 g/mol. The van der Waals surface area contributed by atoms with Gasteiger partial charge in [0.2, 0.25) is 11.8 Å². The molecule has 3 aromatic rings. The van der Waals surface area contributed by atoms with Crippen LogP contribution in [0.4, 0.5) is 5.69 Å². The minimum atomic E-state index is -1.13. The Kier molecular flexibility index (Phi) is 7.36. The fourth-order valence-electron chi connectivity index (χ4n) is 4.76. The van der Waals surface area contributed by atoms with E-state index in [0.29, 0.717) is 47.9 Å². The van der Waals surface area contributed by atoms with E-state index in [4.69, 9.17) is 23.1 Å². The third kappa shape index (κ3) is 5.54. The van der Waals surface area contributed by atoms with Crippen molar-refractivity contribution >= 4 is 29.1 Å². The molecule has 0 aromatic heterocycles. The molecule has 1 aliphatic heterocycles. The van der Waals surface area contributed by atoms with E-state index in [0.717, 1.165) is 11.3 Å². The van der Waals surface area contributed by atoms with E-state index in [1.807, 2.05) is 6.07 Å². The molecule has 0 aliphatic carbocycles. The van der Waals surface area contributed by atoms with Crippen molar-refractivity contribution < 1.29 is 14.7 Å². The number of anilines is 1. The van der Waals surface area contributed by atoms with Gasteiger partial charge in [-0.3, -0.25) is 14.5 Å². The molecule has 36 heavy (non-hydrogen) atoms. The van der Waals surface area contributed by atoms with Gasteiger partial charge in [-0.25, -0.2) is 0 Å². The summed E-state index contributed by atoms with van der Waals surface area (Å²) in [5.41, 5.74) is 14.3. The predicted octanol–water partition coefficient (Wildman–Crippen LogP) is 3.62. The van der Waals surface area contributed by atoms with Crippen molar-refractivity contribution in [2.45, 2.75) is 25.5 Å². The number of piperazine rings is 1. The second-order valence-electron chi connectivity index (χ2n) is 9.60. The van der Waals surface area contributed by atoms with E-state index in [1.54, 1.807) is 43.3 Å². The Balaban J connectivity index is 1.60. The standard InChI is InChI=1S/C28H31ClN4O3/c1-18-3-5-19(6-4-18)25-16-32(17-28(2,36)22-10-7-20(8-11-22)26(30)34)13-14-33(25)24-12-9-21(27(31)35)15-23(24)29/h3-12,15,25,36H,13-14,16-17H2,1-2H3,(H2,30,34)(H2,31,35)/t25-,28+/m0/s1. The maximum Gasteiger partial charge on any atom is 0.248 e. The highest BCUT2D eigenvalue weighted by Crippen LogP contribution is 2.36. The molecule has 0 saturated carbocycles. The lowest BCUT2D eigenvalue weighted by atomic mass is 9.93. The molecule has 4 rings (SSSR count). The Bertz CT molecular complexity index is 1260. The first-order chi connectivity index (χ1) is 17.0. The number of carbonyl (C=O) groups is 2. The van der Waals surface area contributed by atoms with Crippen molar-refractivity contribution in [3.63, 3.8) is 0 Å². The van der Waals surface area contributed by atoms with Crippen molar-refractivity contribution in [2.75, 3.05) is 31.1 Å². The van der Waals surface area contributed by atoms with Gasteiger partial charge in [-0.2, -0.15) is 0 Å². The molecule has 1 heterocycles. The molecule has 188 valence electrons. The van der Waals surface area contributed by atoms with Crippen LogP contribution in [0.5, 0.6) is 0 Å². The first kappa shape index (κ1) is 25.7. The SMILES string of the molecule is Cc1ccc([C@@H]2CN(C[C@@](C)(O)c3ccc(C(N)=O)cc3)CCN2c2ccc(C(N)=O)cc2Cl)cc1. The molecule has 1 aliphatic rings. The van der Waals surface area contributed by atoms with Crippen LogP contribution in [0.25, 0.3) is 0 Å². The summed E-state index contributed by atoms with van der Waals surface area (Å²) in [5.74, 6) is -1.02. The number of carbonyl (C=O) groups excluding carboxylic acids is 2. The zero-order valence-electron chi connectivity index (χ0n) is 20.4. The van der Waals surface area contributed by atoms with Gasteiger partial charge in [0.1, 0.15) is 0 Å². The summed E-state index contributed by atoms with van der Waals surface area (Å²) in [5, 5.41) is 11.8. The number of primary amides is 2. The first-order valence-electron chi connectivity index (χ1n) is 11.8. The van der Waals surface area contributed by atoms with Crippen LogP contribution >= 0.6 is 11.6 Å². The van der Waals surface area contributed by atoms with Crippen LogP contribution in [0.2, 0.25) is 5.02 Å². The number of β-amino-alcohol motifs (C(OH)–C–C–N with tert-alkyl or cyclic N) is 1. The Hall–Kier alpha value is -3.39. The summed E-state index contributed by atoms with van der Waals surface area (Å²) in [4.78, 5) is 27.5. The van der Waals surface area contributed by atoms with Gasteiger partial charge in [0.05, 0.1) is 22.4 Å². The number of aliphatic hydroxyl groups is 1. The number of benzene rings is 3. The van der Waals surface area contributed by atoms with Crippen LogP contribution in [0.3, 0.4) is 0 Å². The topological polar surface area (TPSA) is 113 Å². The molecule has 0 radical (unpaired) electrons. The average Bonchev–Trinajstić information content (AvgIpc) is 2.84. The van der Waals surface area contributed by atoms with Crippen LogP contribution in [0, 0.1) is 6.92 Å². The second kappa shape index (κ2) is 10.3. The molecular formula is C28H31ClN4O3. The van der Waals surface area contributed by atoms with Gasteiger partial charge in [0.15, 0.2) is 0 Å². The number of nitrogens with two attached hydrogens (primary N) is 2. The van der Waals surface area contributed by atoms with Crippen LogP contribution < -0.4 is 16.4 Å². The number of amides is 2. The summed E-state index contributed by atoms with van der Waals surface area (Å²) in [6.07, 6.45) is 0. The quantitative estimate of drug-likeness (QED) is 0.453. The van der Waals surface area contributed by atoms with Gasteiger partial charge in [-0.1, -0.05) is 53.6 Å². The van der Waals surface area contributed by atoms with Crippen molar-refractivity contribution in [1.29, 1.82) is 0 Å². The first-order valence-corrected chi connectivity index (χ1v) is 12.2. The molecule has 2 atom stereocenters. The predicted molar refractivity (Wildman–Crippen MR) is 142 cm³/mol. The highest BCUT2D eigenvalue weighted by molar-refractivity contribution is 6.33. The van der Waals surface area contributed by atoms with Gasteiger partial charge >= 0.3 is 0 Å². The van der Waals surface area contributed by atoms with Gasteiger partial charge in [-0.05, 0) is 55.3 Å². The Labute approximate surface area is 216 Å². The summed E-state index contributed by atoms with van der Waals surface area (Å²) in [6, 6.07) is 20.3. The summed E-state index contributed by atoms with van der Waals surface area (Å²) < 4.78 is 0. The molecule has 0 spiro atoms. The highest BCUT2D eigenvalue weighted by atomic mass is 35.5. The molecule has 3 aromatic carbocycles. The van der Waals surface area contributed by atoms with Crippen molar-refractivity contribution in [3.05, 3.63) is 99.6 Å². The minimum Gasteiger partial charge on any atom is -0.384 e. The molecule has 5 N–H and O–H groups in total. The molecule has 1 saturated heterocycles. The van der Waals surface area contributed by atoms with Gasteiger partial charge < -0.3 is 21.5 Å². The van der Waals surface area contributed by atoms with Crippen molar-refractivity contribution in [1.82, 2.24) is 4.90 Å². The fraction of sp³-hybridized carbons (Fsp3) is 0.286. The van der Waals surface area contributed by atoms with E-state index < -0.39 is 17.4 Å². The highest BCUT2D eigenvalue weighted by Gasteiger charge is 2.34. The number of hydrogen-bond acceptors (Lipinski definition) is 5. The third-order valence-electron chi connectivity index (χ3n) is 6.79. The smallest absolute Gasteiger partial charge is 0.248 e. The Morgan fingerprint density at radius 2 is 1.58 bits per heavy atom. The molecule has 2 amide bonds. The van der Waals surface area contributed by atoms with Crippen LogP contribution in [0.1, 0.15) is 50.4 Å². The van der Waals surface area contributed by atoms with Crippen molar-refractivity contribution in [3.8, 4) is 0 Å². The number of aryl methyl sites for hydroxylation is 1. The van der Waals surface area contributed by atoms with Gasteiger partial charge in [0, 0.05) is 37.3 Å². The zero-order valence-corrected chi connectivity index (χ0v) is 21.2. The maximum atomic E-state index is 11.6. The lowest BCUT2D eigenvalue weighted by Gasteiger charge is -2.45. The van der Waals surface area contributed by atoms with E-state index in [9.17, 15) is 14.7 Å².